The lowest BCUT2D eigenvalue weighted by molar-refractivity contribution is 0.0814. The molecule has 4 N–H and O–H groups in total. The second-order valence-electron chi connectivity index (χ2n) is 2.69. The summed E-state index contributed by atoms with van der Waals surface area (Å²) in [5, 5.41) is 13.9. The molecule has 0 unspecified atom stereocenters. The predicted octanol–water partition coefficient (Wildman–Crippen LogP) is -0.253. The summed E-state index contributed by atoms with van der Waals surface area (Å²) in [4.78, 5) is 0. The maximum Gasteiger partial charge on any atom is 0.153 e. The number of rotatable bonds is 6. The average Bonchev–Trinajstić information content (AvgIpc) is 2.03. The topological polar surface area (TPSA) is 79.9 Å². The molecule has 0 aromatic carbocycles. The fourth-order valence-corrected chi connectivity index (χ4v) is 0.619. The van der Waals surface area contributed by atoms with Gasteiger partial charge in [-0.05, 0) is 13.8 Å². The molecule has 5 heteroatoms. The standard InChI is InChI=1S/C7H17N3O2/c1-6(2)12-4-3-9-5-7(8)10-11/h6,9,11H,3-5H2,1-2H3,(H2,8,10). The first kappa shape index (κ1) is 11.2. The summed E-state index contributed by atoms with van der Waals surface area (Å²) in [6.45, 7) is 5.68. The first-order valence-electron chi connectivity index (χ1n) is 3.95. The smallest absolute Gasteiger partial charge is 0.153 e. The van der Waals surface area contributed by atoms with E-state index in [1.807, 2.05) is 13.8 Å². The molecule has 0 aliphatic rings. The Morgan fingerprint density at radius 2 is 2.33 bits per heavy atom. The molecule has 0 saturated carbocycles. The Bertz CT molecular complexity index is 137. The largest absolute Gasteiger partial charge is 0.409 e. The van der Waals surface area contributed by atoms with Gasteiger partial charge in [-0.25, -0.2) is 0 Å². The van der Waals surface area contributed by atoms with Crippen LogP contribution in [0.4, 0.5) is 0 Å². The zero-order chi connectivity index (χ0) is 9.40. The first-order valence-corrected chi connectivity index (χ1v) is 3.95. The molecule has 0 bridgehead atoms. The monoisotopic (exact) mass is 175 g/mol. The minimum absolute atomic E-state index is 0.180. The number of nitrogens with one attached hydrogen (secondary N) is 1. The van der Waals surface area contributed by atoms with Gasteiger partial charge in [0.15, 0.2) is 5.84 Å². The molecular weight excluding hydrogens is 158 g/mol. The minimum Gasteiger partial charge on any atom is -0.409 e. The van der Waals surface area contributed by atoms with Crippen LogP contribution in [0.5, 0.6) is 0 Å². The van der Waals surface area contributed by atoms with E-state index in [4.69, 9.17) is 15.7 Å². The van der Waals surface area contributed by atoms with Gasteiger partial charge in [-0.2, -0.15) is 0 Å². The highest BCUT2D eigenvalue weighted by Gasteiger charge is 1.93. The van der Waals surface area contributed by atoms with Gasteiger partial charge in [0.05, 0.1) is 19.3 Å². The first-order chi connectivity index (χ1) is 5.66. The van der Waals surface area contributed by atoms with Crippen LogP contribution in [0.15, 0.2) is 5.16 Å². The molecule has 0 aliphatic carbocycles. The van der Waals surface area contributed by atoms with Crippen molar-refractivity contribution in [3.63, 3.8) is 0 Å². The van der Waals surface area contributed by atoms with Crippen LogP contribution in [0.25, 0.3) is 0 Å². The summed E-state index contributed by atoms with van der Waals surface area (Å²) in [5.74, 6) is 0.180. The fourth-order valence-electron chi connectivity index (χ4n) is 0.619. The Balaban J connectivity index is 3.11. The highest BCUT2D eigenvalue weighted by Crippen LogP contribution is 1.84. The summed E-state index contributed by atoms with van der Waals surface area (Å²) in [6, 6.07) is 0. The Labute approximate surface area is 72.6 Å². The molecule has 0 aromatic heterocycles. The molecule has 0 rings (SSSR count). The van der Waals surface area contributed by atoms with E-state index in [9.17, 15) is 0 Å². The van der Waals surface area contributed by atoms with Gasteiger partial charge in [-0.1, -0.05) is 5.16 Å². The van der Waals surface area contributed by atoms with Crippen LogP contribution in [0.2, 0.25) is 0 Å². The van der Waals surface area contributed by atoms with E-state index in [2.05, 4.69) is 10.5 Å². The lowest BCUT2D eigenvalue weighted by Crippen LogP contribution is -2.31. The normalized spacial score (nSPS) is 12.4. The summed E-state index contributed by atoms with van der Waals surface area (Å²) in [7, 11) is 0. The highest BCUT2D eigenvalue weighted by molar-refractivity contribution is 5.81. The Hall–Kier alpha value is -0.810. The molecule has 12 heavy (non-hydrogen) atoms. The quantitative estimate of drug-likeness (QED) is 0.171. The molecule has 0 fully saturated rings. The van der Waals surface area contributed by atoms with Gasteiger partial charge in [-0.3, -0.25) is 0 Å². The van der Waals surface area contributed by atoms with E-state index in [1.54, 1.807) is 0 Å². The van der Waals surface area contributed by atoms with Crippen LogP contribution in [-0.2, 0) is 4.74 Å². The van der Waals surface area contributed by atoms with Crippen LogP contribution in [0.1, 0.15) is 13.8 Å². The van der Waals surface area contributed by atoms with Crippen molar-refractivity contribution in [2.24, 2.45) is 10.9 Å². The third-order valence-electron chi connectivity index (χ3n) is 1.16. The van der Waals surface area contributed by atoms with Crippen molar-refractivity contribution in [1.29, 1.82) is 0 Å². The van der Waals surface area contributed by atoms with Crippen LogP contribution in [0, 0.1) is 0 Å². The maximum absolute atomic E-state index is 8.17. The maximum atomic E-state index is 8.17. The van der Waals surface area contributed by atoms with E-state index in [0.29, 0.717) is 19.7 Å². The van der Waals surface area contributed by atoms with Crippen LogP contribution >= 0.6 is 0 Å². The fraction of sp³-hybridized carbons (Fsp3) is 0.857. The van der Waals surface area contributed by atoms with Crippen molar-refractivity contribution < 1.29 is 9.94 Å². The third-order valence-corrected chi connectivity index (χ3v) is 1.16. The molecular formula is C7H17N3O2. The van der Waals surface area contributed by atoms with E-state index in [0.717, 1.165) is 0 Å². The van der Waals surface area contributed by atoms with E-state index < -0.39 is 0 Å². The second kappa shape index (κ2) is 6.87. The number of nitrogens with two attached hydrogens (primary N) is 1. The molecule has 72 valence electrons. The van der Waals surface area contributed by atoms with Gasteiger partial charge in [0.25, 0.3) is 0 Å². The van der Waals surface area contributed by atoms with Crippen molar-refractivity contribution in [2.75, 3.05) is 19.7 Å². The molecule has 0 aromatic rings. The van der Waals surface area contributed by atoms with Crippen LogP contribution < -0.4 is 11.1 Å². The lowest BCUT2D eigenvalue weighted by Gasteiger charge is -2.07. The number of nitrogens with zero attached hydrogens (tertiary/aromatic N) is 1. The molecule has 0 aliphatic heterocycles. The number of hydrogen-bond donors (Lipinski definition) is 3. The molecule has 0 saturated heterocycles. The van der Waals surface area contributed by atoms with Gasteiger partial charge in [-0.15, -0.1) is 0 Å². The zero-order valence-electron chi connectivity index (χ0n) is 7.58. The molecule has 0 spiro atoms. The Kier molecular flexibility index (Phi) is 6.41. The van der Waals surface area contributed by atoms with Gasteiger partial charge >= 0.3 is 0 Å². The van der Waals surface area contributed by atoms with Gasteiger partial charge in [0.1, 0.15) is 0 Å². The summed E-state index contributed by atoms with van der Waals surface area (Å²) in [6.07, 6.45) is 0.246. The van der Waals surface area contributed by atoms with Crippen LogP contribution in [-0.4, -0.2) is 36.8 Å². The number of ether oxygens (including phenoxy) is 1. The van der Waals surface area contributed by atoms with Crippen molar-refractivity contribution in [3.05, 3.63) is 0 Å². The van der Waals surface area contributed by atoms with Crippen molar-refractivity contribution in [3.8, 4) is 0 Å². The number of amidine groups is 1. The number of oxime groups is 1. The lowest BCUT2D eigenvalue weighted by atomic mass is 10.5. The van der Waals surface area contributed by atoms with Gasteiger partial charge in [0.2, 0.25) is 0 Å². The molecule has 5 nitrogen and oxygen atoms in total. The van der Waals surface area contributed by atoms with Crippen LogP contribution in [0.3, 0.4) is 0 Å². The Morgan fingerprint density at radius 1 is 1.67 bits per heavy atom. The van der Waals surface area contributed by atoms with E-state index in [1.165, 1.54) is 0 Å². The molecule has 0 amide bonds. The van der Waals surface area contributed by atoms with Gasteiger partial charge in [0, 0.05) is 6.54 Å². The average molecular weight is 175 g/mol. The van der Waals surface area contributed by atoms with Gasteiger partial charge < -0.3 is 21.0 Å². The molecule has 0 atom stereocenters. The SMILES string of the molecule is CC(C)OCCNCC(N)=NO. The van der Waals surface area contributed by atoms with Crippen molar-refractivity contribution in [2.45, 2.75) is 20.0 Å². The number of hydrogen-bond acceptors (Lipinski definition) is 4. The van der Waals surface area contributed by atoms with Crippen molar-refractivity contribution in [1.82, 2.24) is 5.32 Å². The summed E-state index contributed by atoms with van der Waals surface area (Å²) in [5.41, 5.74) is 5.21. The second-order valence-corrected chi connectivity index (χ2v) is 2.69. The zero-order valence-corrected chi connectivity index (χ0v) is 7.58. The molecule has 0 radical (unpaired) electrons. The predicted molar refractivity (Wildman–Crippen MR) is 47.4 cm³/mol. The minimum atomic E-state index is 0.180. The summed E-state index contributed by atoms with van der Waals surface area (Å²) >= 11 is 0. The Morgan fingerprint density at radius 3 is 2.83 bits per heavy atom. The summed E-state index contributed by atoms with van der Waals surface area (Å²) < 4.78 is 5.25. The van der Waals surface area contributed by atoms with E-state index >= 15 is 0 Å². The highest BCUT2D eigenvalue weighted by atomic mass is 16.5. The van der Waals surface area contributed by atoms with E-state index in [-0.39, 0.29) is 11.9 Å². The molecule has 0 heterocycles. The third kappa shape index (κ3) is 7.30. The van der Waals surface area contributed by atoms with Crippen molar-refractivity contribution >= 4 is 5.84 Å².